The highest BCUT2D eigenvalue weighted by Crippen LogP contribution is 2.33. The molecule has 4 N–H and O–H groups in total. The van der Waals surface area contributed by atoms with Gasteiger partial charge in [-0.1, -0.05) is 42.5 Å². The van der Waals surface area contributed by atoms with Crippen LogP contribution < -0.4 is 20.0 Å². The number of thiazole rings is 1. The summed E-state index contributed by atoms with van der Waals surface area (Å²) in [5.41, 5.74) is 3.42. The molecular formula is C27H28N4O6S3. The molecule has 0 saturated carbocycles. The molecular weight excluding hydrogens is 573 g/mol. The highest BCUT2D eigenvalue weighted by atomic mass is 32.2. The number of carbonyl (C=O) groups is 2. The van der Waals surface area contributed by atoms with Gasteiger partial charge in [-0.15, -0.1) is 22.7 Å². The van der Waals surface area contributed by atoms with E-state index in [9.17, 15) is 18.0 Å². The van der Waals surface area contributed by atoms with Crippen LogP contribution in [-0.2, 0) is 32.7 Å². The van der Waals surface area contributed by atoms with Crippen molar-refractivity contribution < 1.29 is 26.9 Å². The summed E-state index contributed by atoms with van der Waals surface area (Å²) in [4.78, 5) is 31.5. The van der Waals surface area contributed by atoms with Crippen molar-refractivity contribution in [3.05, 3.63) is 93.8 Å². The zero-order valence-electron chi connectivity index (χ0n) is 21.7. The molecule has 13 heteroatoms. The molecule has 0 aliphatic carbocycles. The van der Waals surface area contributed by atoms with Gasteiger partial charge in [0.25, 0.3) is 0 Å². The number of methoxy groups -OCH3 is 1. The fourth-order valence-electron chi connectivity index (χ4n) is 3.96. The molecule has 2 atom stereocenters. The summed E-state index contributed by atoms with van der Waals surface area (Å²) < 4.78 is 32.0. The van der Waals surface area contributed by atoms with Crippen molar-refractivity contribution in [2.24, 2.45) is 5.14 Å². The number of benzene rings is 2. The smallest absolute Gasteiger partial charge is 0.407 e. The molecule has 2 heterocycles. The molecule has 0 bridgehead atoms. The van der Waals surface area contributed by atoms with Gasteiger partial charge in [0.05, 0.1) is 23.7 Å². The van der Waals surface area contributed by atoms with Crippen LogP contribution in [0.4, 0.5) is 4.79 Å². The van der Waals surface area contributed by atoms with Gasteiger partial charge < -0.3 is 19.6 Å². The number of nitrogens with two attached hydrogens (primary N) is 1. The molecule has 4 aromatic rings. The Kier molecular flexibility index (Phi) is 9.53. The topological polar surface area (TPSA) is 150 Å². The van der Waals surface area contributed by atoms with E-state index in [4.69, 9.17) is 19.0 Å². The van der Waals surface area contributed by atoms with E-state index in [0.717, 1.165) is 26.6 Å². The number of alkyl carbamates (subject to hydrolysis) is 1. The number of ether oxygens (including phenoxy) is 1. The monoisotopic (exact) mass is 600 g/mol. The Morgan fingerprint density at radius 1 is 0.975 bits per heavy atom. The Morgan fingerprint density at radius 3 is 2.30 bits per heavy atom. The summed E-state index contributed by atoms with van der Waals surface area (Å²) in [6, 6.07) is 16.2. The second kappa shape index (κ2) is 13.0. The fraction of sp³-hybridized carbons (Fsp3) is 0.222. The van der Waals surface area contributed by atoms with Crippen LogP contribution in [-0.4, -0.2) is 38.6 Å². The van der Waals surface area contributed by atoms with E-state index in [1.54, 1.807) is 23.5 Å². The summed E-state index contributed by atoms with van der Waals surface area (Å²) >= 11 is 3.07. The minimum atomic E-state index is -4.15. The maximum atomic E-state index is 13.6. The first kappa shape index (κ1) is 29.2. The Morgan fingerprint density at radius 2 is 1.68 bits per heavy atom. The van der Waals surface area contributed by atoms with Crippen molar-refractivity contribution in [2.75, 3.05) is 7.11 Å². The lowest BCUT2D eigenvalue weighted by Gasteiger charge is -2.23. The van der Waals surface area contributed by atoms with Gasteiger partial charge in [-0.2, -0.15) is 13.6 Å². The lowest BCUT2D eigenvalue weighted by molar-refractivity contribution is -0.123. The fourth-order valence-corrected chi connectivity index (χ4v) is 6.31. The predicted octanol–water partition coefficient (Wildman–Crippen LogP) is 4.13. The number of nitrogens with zero attached hydrogens (tertiary/aromatic N) is 1. The van der Waals surface area contributed by atoms with Gasteiger partial charge in [0, 0.05) is 11.8 Å². The van der Waals surface area contributed by atoms with Crippen LogP contribution >= 0.6 is 22.7 Å². The molecule has 0 aliphatic rings. The van der Waals surface area contributed by atoms with E-state index in [1.165, 1.54) is 30.6 Å². The standard InChI is InChI=1S/C27H28N4O6S3/c1-17-12-13-38-24(17)26-30-23(16-39-26)21(14-19-8-10-20(11-9-19)37-40(28,34)35)29-25(32)22(31-27(33)36-2)15-18-6-4-3-5-7-18/h3-13,16,21-22H,14-15H2,1-2H3,(H,29,32)(H,31,33)(H2,28,34,35). The Bertz CT molecular complexity index is 1550. The number of nitrogens with one attached hydrogen (secondary N) is 2. The molecule has 2 aromatic heterocycles. The van der Waals surface area contributed by atoms with Crippen molar-refractivity contribution in [2.45, 2.75) is 31.8 Å². The zero-order chi connectivity index (χ0) is 28.7. The third kappa shape index (κ3) is 8.11. The van der Waals surface area contributed by atoms with Gasteiger partial charge in [0.15, 0.2) is 0 Å². The third-order valence-corrected chi connectivity index (χ3v) is 8.36. The summed E-state index contributed by atoms with van der Waals surface area (Å²) in [6.07, 6.45) is -0.128. The molecule has 0 saturated heterocycles. The SMILES string of the molecule is COC(=O)NC(Cc1ccccc1)C(=O)NC(Cc1ccc(OS(N)(=O)=O)cc1)c1csc(-c2sccc2C)n1. The number of aryl methyl sites for hydroxylation is 1. The number of rotatable bonds is 11. The Balaban J connectivity index is 1.61. The number of amides is 2. The molecule has 210 valence electrons. The van der Waals surface area contributed by atoms with Gasteiger partial charge in [-0.05, 0) is 53.6 Å². The molecule has 0 radical (unpaired) electrons. The highest BCUT2D eigenvalue weighted by Gasteiger charge is 2.26. The van der Waals surface area contributed by atoms with Crippen molar-refractivity contribution in [3.8, 4) is 15.6 Å². The number of hydrogen-bond acceptors (Lipinski definition) is 9. The van der Waals surface area contributed by atoms with Crippen LogP contribution in [0.5, 0.6) is 5.75 Å². The van der Waals surface area contributed by atoms with Crippen LogP contribution in [0.1, 0.15) is 28.4 Å². The number of hydrogen-bond donors (Lipinski definition) is 3. The average molecular weight is 601 g/mol. The average Bonchev–Trinajstić information content (AvgIpc) is 3.57. The van der Waals surface area contributed by atoms with Crippen molar-refractivity contribution in [3.63, 3.8) is 0 Å². The van der Waals surface area contributed by atoms with Gasteiger partial charge in [-0.25, -0.2) is 9.78 Å². The lowest BCUT2D eigenvalue weighted by atomic mass is 10.0. The van der Waals surface area contributed by atoms with Crippen molar-refractivity contribution in [1.29, 1.82) is 0 Å². The van der Waals surface area contributed by atoms with Crippen LogP contribution in [0, 0.1) is 6.92 Å². The largest absolute Gasteiger partial charge is 0.453 e. The molecule has 10 nitrogen and oxygen atoms in total. The molecule has 0 aliphatic heterocycles. The normalized spacial score (nSPS) is 12.8. The first-order chi connectivity index (χ1) is 19.1. The quantitative estimate of drug-likeness (QED) is 0.234. The molecule has 40 heavy (non-hydrogen) atoms. The second-order valence-electron chi connectivity index (χ2n) is 8.87. The first-order valence-corrected chi connectivity index (χ1v) is 15.3. The van der Waals surface area contributed by atoms with E-state index in [1.807, 2.05) is 54.1 Å². The van der Waals surface area contributed by atoms with Crippen molar-refractivity contribution >= 4 is 45.0 Å². The Hall–Kier alpha value is -3.78. The third-order valence-electron chi connectivity index (χ3n) is 5.90. The van der Waals surface area contributed by atoms with Crippen LogP contribution in [0.25, 0.3) is 9.88 Å². The van der Waals surface area contributed by atoms with Crippen LogP contribution in [0.15, 0.2) is 71.4 Å². The van der Waals surface area contributed by atoms with Crippen LogP contribution in [0.3, 0.4) is 0 Å². The maximum absolute atomic E-state index is 13.6. The molecule has 0 fully saturated rings. The summed E-state index contributed by atoms with van der Waals surface area (Å²) in [5, 5.41) is 15.4. The van der Waals surface area contributed by atoms with Gasteiger partial charge in [0.1, 0.15) is 16.8 Å². The number of carbonyl (C=O) groups excluding carboxylic acids is 2. The minimum Gasteiger partial charge on any atom is -0.453 e. The van der Waals surface area contributed by atoms with E-state index in [2.05, 4.69) is 10.6 Å². The molecule has 2 aromatic carbocycles. The summed E-state index contributed by atoms with van der Waals surface area (Å²) in [6.45, 7) is 2.02. The number of aromatic nitrogens is 1. The lowest BCUT2D eigenvalue weighted by Crippen LogP contribution is -2.49. The molecule has 2 amide bonds. The summed E-state index contributed by atoms with van der Waals surface area (Å²) in [5.74, 6) is -0.337. The minimum absolute atomic E-state index is 0.0705. The van der Waals surface area contributed by atoms with E-state index < -0.39 is 34.4 Å². The van der Waals surface area contributed by atoms with E-state index >= 15 is 0 Å². The van der Waals surface area contributed by atoms with Gasteiger partial charge in [-0.3, -0.25) is 4.79 Å². The first-order valence-electron chi connectivity index (χ1n) is 12.1. The van der Waals surface area contributed by atoms with E-state index in [-0.39, 0.29) is 12.2 Å². The number of thiophene rings is 1. The van der Waals surface area contributed by atoms with Gasteiger partial charge >= 0.3 is 16.4 Å². The molecule has 4 rings (SSSR count). The predicted molar refractivity (Wildman–Crippen MR) is 154 cm³/mol. The molecule has 0 spiro atoms. The highest BCUT2D eigenvalue weighted by molar-refractivity contribution is 7.84. The second-order valence-corrected chi connectivity index (χ2v) is 11.8. The zero-order valence-corrected chi connectivity index (χ0v) is 24.1. The summed E-state index contributed by atoms with van der Waals surface area (Å²) in [7, 11) is -2.91. The maximum Gasteiger partial charge on any atom is 0.407 e. The van der Waals surface area contributed by atoms with Gasteiger partial charge in [0.2, 0.25) is 5.91 Å². The Labute approximate surface area is 240 Å². The van der Waals surface area contributed by atoms with Crippen LogP contribution in [0.2, 0.25) is 0 Å². The van der Waals surface area contributed by atoms with E-state index in [0.29, 0.717) is 12.1 Å². The molecule has 2 unspecified atom stereocenters. The van der Waals surface area contributed by atoms with Crippen molar-refractivity contribution in [1.82, 2.24) is 15.6 Å².